The number of hydrogen-bond acceptors (Lipinski definition) is 5. The summed E-state index contributed by atoms with van der Waals surface area (Å²) < 4.78 is 33.6. The van der Waals surface area contributed by atoms with Crippen LogP contribution in [0.15, 0.2) is 53.6 Å². The van der Waals surface area contributed by atoms with E-state index >= 15 is 0 Å². The van der Waals surface area contributed by atoms with Gasteiger partial charge >= 0.3 is 6.03 Å². The number of rotatable bonds is 8. The molecule has 1 fully saturated rings. The molecule has 0 aromatic heterocycles. The molecule has 0 bridgehead atoms. The molecule has 8 nitrogen and oxygen atoms in total. The minimum absolute atomic E-state index is 0.207. The third kappa shape index (κ3) is 6.24. The van der Waals surface area contributed by atoms with Gasteiger partial charge in [-0.15, -0.1) is 0 Å². The Balaban J connectivity index is 1.56. The Morgan fingerprint density at radius 1 is 1.11 bits per heavy atom. The molecule has 2 aliphatic rings. The van der Waals surface area contributed by atoms with Crippen LogP contribution in [-0.2, 0) is 9.53 Å². The Kier molecular flexibility index (Phi) is 8.61. The van der Waals surface area contributed by atoms with Crippen LogP contribution in [0, 0.1) is 11.6 Å². The van der Waals surface area contributed by atoms with E-state index in [1.165, 1.54) is 28.1 Å². The molecule has 2 aromatic carbocycles. The molecule has 1 N–H and O–H groups in total. The Morgan fingerprint density at radius 3 is 2.53 bits per heavy atom. The largest absolute Gasteiger partial charge is 0.379 e. The first kappa shape index (κ1) is 25.7. The number of amides is 3. The van der Waals surface area contributed by atoms with Gasteiger partial charge in [-0.1, -0.05) is 30.3 Å². The molecule has 4 rings (SSSR count). The summed E-state index contributed by atoms with van der Waals surface area (Å²) in [4.78, 5) is 29.9. The number of ether oxygens (including phenoxy) is 1. The SMILES string of the molecule is CCNC(=O)N(CCN1CCOCC1)CC(=O)N1N=C(c2ccc(F)cc2)C[C@@H]1c1ccccc1F. The number of nitrogens with zero attached hydrogens (tertiary/aromatic N) is 4. The zero-order valence-corrected chi connectivity index (χ0v) is 20.3. The quantitative estimate of drug-likeness (QED) is 0.606. The van der Waals surface area contributed by atoms with Crippen molar-refractivity contribution in [3.63, 3.8) is 0 Å². The maximum atomic E-state index is 14.7. The number of morpholine rings is 1. The Morgan fingerprint density at radius 2 is 1.83 bits per heavy atom. The number of carbonyl (C=O) groups is 2. The highest BCUT2D eigenvalue weighted by Crippen LogP contribution is 2.34. The van der Waals surface area contributed by atoms with Gasteiger partial charge in [0.15, 0.2) is 0 Å². The van der Waals surface area contributed by atoms with Crippen molar-refractivity contribution in [2.24, 2.45) is 5.10 Å². The molecule has 0 spiro atoms. The molecule has 36 heavy (non-hydrogen) atoms. The predicted octanol–water partition coefficient (Wildman–Crippen LogP) is 3.01. The Hall–Kier alpha value is -3.37. The first-order valence-corrected chi connectivity index (χ1v) is 12.2. The van der Waals surface area contributed by atoms with Crippen molar-refractivity contribution in [3.8, 4) is 0 Å². The van der Waals surface area contributed by atoms with Crippen LogP contribution in [0.2, 0.25) is 0 Å². The second-order valence-corrected chi connectivity index (χ2v) is 8.74. The van der Waals surface area contributed by atoms with Crippen LogP contribution in [-0.4, -0.2) is 84.9 Å². The van der Waals surface area contributed by atoms with Gasteiger partial charge in [-0.25, -0.2) is 18.6 Å². The average Bonchev–Trinajstić information content (AvgIpc) is 3.33. The van der Waals surface area contributed by atoms with E-state index in [4.69, 9.17) is 4.74 Å². The zero-order valence-electron chi connectivity index (χ0n) is 20.3. The summed E-state index contributed by atoms with van der Waals surface area (Å²) in [5, 5.41) is 8.55. The lowest BCUT2D eigenvalue weighted by atomic mass is 9.98. The van der Waals surface area contributed by atoms with Crippen LogP contribution < -0.4 is 5.32 Å². The Labute approximate surface area is 209 Å². The third-order valence-corrected chi connectivity index (χ3v) is 6.34. The summed E-state index contributed by atoms with van der Waals surface area (Å²) in [7, 11) is 0. The lowest BCUT2D eigenvalue weighted by Gasteiger charge is -2.31. The molecule has 192 valence electrons. The van der Waals surface area contributed by atoms with E-state index in [1.54, 1.807) is 30.3 Å². The number of halogens is 2. The van der Waals surface area contributed by atoms with E-state index in [2.05, 4.69) is 15.3 Å². The standard InChI is InChI=1S/C26H31F2N5O3/c1-2-29-26(35)32(12-11-31-13-15-36-16-14-31)18-25(34)33-24(21-5-3-4-6-22(21)28)17-23(30-33)19-7-9-20(27)10-8-19/h3-10,24H,2,11-18H2,1H3,(H,29,35)/t24-/m1/s1. The molecule has 2 aromatic rings. The van der Waals surface area contributed by atoms with Crippen molar-refractivity contribution in [2.75, 3.05) is 52.5 Å². The Bertz CT molecular complexity index is 1090. The average molecular weight is 500 g/mol. The van der Waals surface area contributed by atoms with Crippen LogP contribution >= 0.6 is 0 Å². The number of carbonyl (C=O) groups excluding carboxylic acids is 2. The highest BCUT2D eigenvalue weighted by molar-refractivity contribution is 6.03. The van der Waals surface area contributed by atoms with Crippen molar-refractivity contribution >= 4 is 17.6 Å². The van der Waals surface area contributed by atoms with Crippen molar-refractivity contribution in [1.82, 2.24) is 20.1 Å². The lowest BCUT2D eigenvalue weighted by Crippen LogP contribution is -2.49. The fourth-order valence-corrected chi connectivity index (χ4v) is 4.38. The van der Waals surface area contributed by atoms with Crippen molar-refractivity contribution < 1.29 is 23.1 Å². The zero-order chi connectivity index (χ0) is 25.5. The van der Waals surface area contributed by atoms with Crippen LogP contribution in [0.25, 0.3) is 0 Å². The molecule has 10 heteroatoms. The van der Waals surface area contributed by atoms with Gasteiger partial charge in [-0.2, -0.15) is 5.10 Å². The summed E-state index contributed by atoms with van der Waals surface area (Å²) in [5.74, 6) is -1.24. The molecule has 0 radical (unpaired) electrons. The smallest absolute Gasteiger partial charge is 0.317 e. The summed E-state index contributed by atoms with van der Waals surface area (Å²) in [6.45, 7) is 5.80. The van der Waals surface area contributed by atoms with Crippen LogP contribution in [0.5, 0.6) is 0 Å². The normalized spacial score (nSPS) is 18.1. The van der Waals surface area contributed by atoms with E-state index in [-0.39, 0.29) is 24.8 Å². The van der Waals surface area contributed by atoms with Crippen molar-refractivity contribution in [3.05, 3.63) is 71.3 Å². The van der Waals surface area contributed by atoms with Gasteiger partial charge in [0.25, 0.3) is 5.91 Å². The van der Waals surface area contributed by atoms with E-state index < -0.39 is 17.8 Å². The summed E-state index contributed by atoms with van der Waals surface area (Å²) >= 11 is 0. The first-order valence-electron chi connectivity index (χ1n) is 12.2. The van der Waals surface area contributed by atoms with Crippen molar-refractivity contribution in [2.45, 2.75) is 19.4 Å². The monoisotopic (exact) mass is 499 g/mol. The van der Waals surface area contributed by atoms with E-state index in [1.807, 2.05) is 6.92 Å². The highest BCUT2D eigenvalue weighted by atomic mass is 19.1. The van der Waals surface area contributed by atoms with Gasteiger partial charge < -0.3 is 15.0 Å². The van der Waals surface area contributed by atoms with Crippen LogP contribution in [0.4, 0.5) is 13.6 Å². The third-order valence-electron chi connectivity index (χ3n) is 6.34. The van der Waals surface area contributed by atoms with Gasteiger partial charge in [0, 0.05) is 44.7 Å². The second-order valence-electron chi connectivity index (χ2n) is 8.74. The van der Waals surface area contributed by atoms with E-state index in [0.29, 0.717) is 49.7 Å². The number of hydrazone groups is 1. The minimum atomic E-state index is -0.672. The molecular formula is C26H31F2N5O3. The summed E-state index contributed by atoms with van der Waals surface area (Å²) in [5.41, 5.74) is 1.54. The number of benzene rings is 2. The maximum absolute atomic E-state index is 14.7. The van der Waals surface area contributed by atoms with Crippen LogP contribution in [0.3, 0.4) is 0 Å². The molecule has 2 aliphatic heterocycles. The van der Waals surface area contributed by atoms with Gasteiger partial charge in [0.1, 0.15) is 18.2 Å². The number of nitrogens with one attached hydrogen (secondary N) is 1. The molecule has 0 unspecified atom stereocenters. The first-order chi connectivity index (χ1) is 17.5. The van der Waals surface area contributed by atoms with E-state index in [0.717, 1.165) is 13.1 Å². The molecule has 0 aliphatic carbocycles. The second kappa shape index (κ2) is 12.0. The van der Waals surface area contributed by atoms with Crippen LogP contribution in [0.1, 0.15) is 30.5 Å². The molecule has 2 heterocycles. The van der Waals surface area contributed by atoms with Gasteiger partial charge in [-0.05, 0) is 30.7 Å². The molecule has 3 amide bonds. The lowest BCUT2D eigenvalue weighted by molar-refractivity contribution is -0.133. The van der Waals surface area contributed by atoms with Gasteiger partial charge in [-0.3, -0.25) is 9.69 Å². The predicted molar refractivity (Wildman–Crippen MR) is 131 cm³/mol. The fraction of sp³-hybridized carbons (Fsp3) is 0.423. The highest BCUT2D eigenvalue weighted by Gasteiger charge is 2.35. The molecule has 1 atom stereocenters. The maximum Gasteiger partial charge on any atom is 0.317 e. The topological polar surface area (TPSA) is 77.5 Å². The van der Waals surface area contributed by atoms with E-state index in [9.17, 15) is 18.4 Å². The molecular weight excluding hydrogens is 468 g/mol. The summed E-state index contributed by atoms with van der Waals surface area (Å²) in [6, 6.07) is 11.1. The minimum Gasteiger partial charge on any atom is -0.379 e. The fourth-order valence-electron chi connectivity index (χ4n) is 4.38. The van der Waals surface area contributed by atoms with Gasteiger partial charge in [0.2, 0.25) is 0 Å². The van der Waals surface area contributed by atoms with Crippen molar-refractivity contribution in [1.29, 1.82) is 0 Å². The molecule has 1 saturated heterocycles. The molecule has 0 saturated carbocycles. The number of urea groups is 1. The summed E-state index contributed by atoms with van der Waals surface area (Å²) in [6.07, 6.45) is 0.271. The number of hydrogen-bond donors (Lipinski definition) is 1. The van der Waals surface area contributed by atoms with Gasteiger partial charge in [0.05, 0.1) is 25.0 Å².